The van der Waals surface area contributed by atoms with Crippen molar-refractivity contribution < 1.29 is 4.39 Å². The zero-order valence-electron chi connectivity index (χ0n) is 11.3. The number of benzene rings is 1. The predicted molar refractivity (Wildman–Crippen MR) is 87.2 cm³/mol. The maximum Gasteiger partial charge on any atom is 0.123 e. The molecule has 0 spiro atoms. The van der Waals surface area contributed by atoms with Gasteiger partial charge in [-0.25, -0.2) is 9.37 Å². The molecule has 2 nitrogen and oxygen atoms in total. The normalized spacial score (nSPS) is 11.8. The summed E-state index contributed by atoms with van der Waals surface area (Å²) >= 11 is 7.24. The lowest BCUT2D eigenvalue weighted by atomic mass is 9.80. The van der Waals surface area contributed by atoms with Crippen molar-refractivity contribution in [2.45, 2.75) is 18.3 Å². The van der Waals surface area contributed by atoms with E-state index >= 15 is 0 Å². The third-order valence-electron chi connectivity index (χ3n) is 3.72. The summed E-state index contributed by atoms with van der Waals surface area (Å²) < 4.78 is 15.1. The second-order valence-corrected chi connectivity index (χ2v) is 6.13. The van der Waals surface area contributed by atoms with Crippen LogP contribution in [0.4, 0.5) is 4.39 Å². The third-order valence-corrected chi connectivity index (χ3v) is 5.86. The van der Waals surface area contributed by atoms with Crippen LogP contribution in [0.15, 0.2) is 36.7 Å². The van der Waals surface area contributed by atoms with Gasteiger partial charge in [-0.05, 0) is 24.1 Å². The molecule has 108 valence electrons. The van der Waals surface area contributed by atoms with Gasteiger partial charge in [-0.3, -0.25) is 0 Å². The lowest BCUT2D eigenvalue weighted by Gasteiger charge is -2.30. The van der Waals surface area contributed by atoms with Gasteiger partial charge in [0.05, 0.1) is 0 Å². The lowest BCUT2D eigenvalue weighted by Crippen LogP contribution is -2.31. The first-order valence-corrected chi connectivity index (χ1v) is 8.70. The van der Waals surface area contributed by atoms with Gasteiger partial charge in [-0.1, -0.05) is 44.0 Å². The number of aryl methyl sites for hydroxylation is 2. The Bertz CT molecular complexity index is 547. The number of alkyl halides is 2. The molecule has 0 aliphatic heterocycles. The SMILES string of the molecule is Cn1ccnc1CCC(CBr)(CBr)c1ccc(F)cc1. The highest BCUT2D eigenvalue weighted by molar-refractivity contribution is 9.09. The van der Waals surface area contributed by atoms with Crippen molar-refractivity contribution in [2.75, 3.05) is 10.7 Å². The highest BCUT2D eigenvalue weighted by Gasteiger charge is 2.30. The zero-order valence-corrected chi connectivity index (χ0v) is 14.5. The molecule has 0 bridgehead atoms. The number of imidazole rings is 1. The van der Waals surface area contributed by atoms with Gasteiger partial charge in [0.1, 0.15) is 11.6 Å². The Labute approximate surface area is 135 Å². The molecule has 0 aliphatic carbocycles. The summed E-state index contributed by atoms with van der Waals surface area (Å²) in [6, 6.07) is 6.79. The van der Waals surface area contributed by atoms with Gasteiger partial charge in [0.15, 0.2) is 0 Å². The van der Waals surface area contributed by atoms with Crippen LogP contribution in [0.3, 0.4) is 0 Å². The van der Waals surface area contributed by atoms with E-state index in [2.05, 4.69) is 36.8 Å². The first-order valence-electron chi connectivity index (χ1n) is 6.45. The van der Waals surface area contributed by atoms with Gasteiger partial charge >= 0.3 is 0 Å². The summed E-state index contributed by atoms with van der Waals surface area (Å²) in [5.41, 5.74) is 1.08. The molecule has 0 saturated carbocycles. The second-order valence-electron chi connectivity index (χ2n) is 5.01. The van der Waals surface area contributed by atoms with Crippen LogP contribution in [0.25, 0.3) is 0 Å². The summed E-state index contributed by atoms with van der Waals surface area (Å²) in [6.45, 7) is 0. The Balaban J connectivity index is 2.21. The molecule has 0 amide bonds. The largest absolute Gasteiger partial charge is 0.338 e. The molecule has 1 aromatic carbocycles. The average molecular weight is 404 g/mol. The zero-order chi connectivity index (χ0) is 14.6. The van der Waals surface area contributed by atoms with E-state index in [-0.39, 0.29) is 11.2 Å². The van der Waals surface area contributed by atoms with Crippen molar-refractivity contribution in [1.29, 1.82) is 0 Å². The summed E-state index contributed by atoms with van der Waals surface area (Å²) in [5, 5.41) is 1.64. The third kappa shape index (κ3) is 3.31. The number of rotatable bonds is 6. The van der Waals surface area contributed by atoms with Gasteiger partial charge in [0.2, 0.25) is 0 Å². The number of hydrogen-bond acceptors (Lipinski definition) is 1. The second kappa shape index (κ2) is 6.85. The summed E-state index contributed by atoms with van der Waals surface area (Å²) in [7, 11) is 2.00. The van der Waals surface area contributed by atoms with Crippen LogP contribution in [0.2, 0.25) is 0 Å². The van der Waals surface area contributed by atoms with E-state index in [0.717, 1.165) is 34.9 Å². The van der Waals surface area contributed by atoms with E-state index in [4.69, 9.17) is 0 Å². The minimum Gasteiger partial charge on any atom is -0.338 e. The highest BCUT2D eigenvalue weighted by Crippen LogP contribution is 2.33. The monoisotopic (exact) mass is 402 g/mol. The minimum absolute atomic E-state index is 0.0559. The van der Waals surface area contributed by atoms with Crippen molar-refractivity contribution in [3.05, 3.63) is 53.9 Å². The van der Waals surface area contributed by atoms with E-state index in [0.29, 0.717) is 0 Å². The molecule has 1 heterocycles. The minimum atomic E-state index is -0.198. The highest BCUT2D eigenvalue weighted by atomic mass is 79.9. The van der Waals surface area contributed by atoms with E-state index in [1.165, 1.54) is 12.1 Å². The summed E-state index contributed by atoms with van der Waals surface area (Å²) in [6.07, 6.45) is 5.60. The quantitative estimate of drug-likeness (QED) is 0.660. The maximum absolute atomic E-state index is 13.1. The Morgan fingerprint density at radius 2 is 1.85 bits per heavy atom. The van der Waals surface area contributed by atoms with Crippen molar-refractivity contribution in [2.24, 2.45) is 7.05 Å². The molecule has 1 aromatic heterocycles. The van der Waals surface area contributed by atoms with Crippen LogP contribution < -0.4 is 0 Å². The number of nitrogens with zero attached hydrogens (tertiary/aromatic N) is 2. The fraction of sp³-hybridized carbons (Fsp3) is 0.400. The van der Waals surface area contributed by atoms with Crippen molar-refractivity contribution >= 4 is 31.9 Å². The molecule has 2 rings (SSSR count). The van der Waals surface area contributed by atoms with Crippen molar-refractivity contribution in [3.8, 4) is 0 Å². The molecule has 0 N–H and O–H groups in total. The molecule has 0 unspecified atom stereocenters. The van der Waals surface area contributed by atoms with E-state index in [9.17, 15) is 4.39 Å². The Kier molecular flexibility index (Phi) is 5.38. The number of hydrogen-bond donors (Lipinski definition) is 0. The standard InChI is InChI=1S/C15H17Br2FN2/c1-20-9-8-19-14(20)6-7-15(10-16,11-17)12-2-4-13(18)5-3-12/h2-5,8-9H,6-7,10-11H2,1H3. The van der Waals surface area contributed by atoms with Gasteiger partial charge in [0, 0.05) is 41.9 Å². The fourth-order valence-electron chi connectivity index (χ4n) is 2.26. The van der Waals surface area contributed by atoms with Crippen molar-refractivity contribution in [3.63, 3.8) is 0 Å². The maximum atomic E-state index is 13.1. The molecular weight excluding hydrogens is 387 g/mol. The van der Waals surface area contributed by atoms with E-state index < -0.39 is 0 Å². The van der Waals surface area contributed by atoms with Crippen LogP contribution >= 0.6 is 31.9 Å². The first kappa shape index (κ1) is 15.7. The Morgan fingerprint density at radius 3 is 2.35 bits per heavy atom. The van der Waals surface area contributed by atoms with Crippen LogP contribution in [0.1, 0.15) is 17.8 Å². The lowest BCUT2D eigenvalue weighted by molar-refractivity contribution is 0.492. The molecule has 0 saturated heterocycles. The molecular formula is C15H17Br2FN2. The number of halogens is 3. The average Bonchev–Trinajstić information content (AvgIpc) is 2.88. The molecule has 0 atom stereocenters. The molecule has 0 fully saturated rings. The van der Waals surface area contributed by atoms with Gasteiger partial charge < -0.3 is 4.57 Å². The van der Waals surface area contributed by atoms with Crippen LogP contribution in [-0.2, 0) is 18.9 Å². The summed E-state index contributed by atoms with van der Waals surface area (Å²) in [4.78, 5) is 4.37. The predicted octanol–water partition coefficient (Wildman–Crippen LogP) is 4.22. The topological polar surface area (TPSA) is 17.8 Å². The first-order chi connectivity index (χ1) is 9.61. The smallest absolute Gasteiger partial charge is 0.123 e. The van der Waals surface area contributed by atoms with Crippen molar-refractivity contribution in [1.82, 2.24) is 9.55 Å². The van der Waals surface area contributed by atoms with Crippen LogP contribution in [0.5, 0.6) is 0 Å². The molecule has 0 radical (unpaired) electrons. The van der Waals surface area contributed by atoms with E-state index in [1.807, 2.05) is 36.1 Å². The molecule has 2 aromatic rings. The van der Waals surface area contributed by atoms with Crippen LogP contribution in [0, 0.1) is 5.82 Å². The number of aromatic nitrogens is 2. The molecule has 5 heteroatoms. The van der Waals surface area contributed by atoms with E-state index in [1.54, 1.807) is 0 Å². The Morgan fingerprint density at radius 1 is 1.20 bits per heavy atom. The molecule has 0 aliphatic rings. The van der Waals surface area contributed by atoms with Gasteiger partial charge in [-0.15, -0.1) is 0 Å². The van der Waals surface area contributed by atoms with Gasteiger partial charge in [-0.2, -0.15) is 0 Å². The van der Waals surface area contributed by atoms with Gasteiger partial charge in [0.25, 0.3) is 0 Å². The Hall–Kier alpha value is -0.680. The summed E-state index contributed by atoms with van der Waals surface area (Å²) in [5.74, 6) is 0.870. The fourth-order valence-corrected chi connectivity index (χ4v) is 4.40. The van der Waals surface area contributed by atoms with Crippen LogP contribution in [-0.4, -0.2) is 20.2 Å². The molecule has 20 heavy (non-hydrogen) atoms.